The van der Waals surface area contributed by atoms with Crippen LogP contribution in [0.4, 0.5) is 10.1 Å². The van der Waals surface area contributed by atoms with Crippen LogP contribution in [-0.2, 0) is 0 Å². The van der Waals surface area contributed by atoms with Gasteiger partial charge in [-0.1, -0.05) is 35.5 Å². The molecule has 0 unspecified atom stereocenters. The third-order valence-electron chi connectivity index (χ3n) is 4.24. The summed E-state index contributed by atoms with van der Waals surface area (Å²) in [5, 5.41) is 6.69. The first-order valence-electron chi connectivity index (χ1n) is 8.78. The number of carbonyl (C=O) groups excluding carboxylic acids is 1. The van der Waals surface area contributed by atoms with E-state index in [1.807, 2.05) is 18.2 Å². The number of aromatic nitrogens is 2. The Bertz CT molecular complexity index is 1170. The van der Waals surface area contributed by atoms with Crippen LogP contribution in [0.3, 0.4) is 0 Å². The summed E-state index contributed by atoms with van der Waals surface area (Å²) in [4.78, 5) is 17.2. The summed E-state index contributed by atoms with van der Waals surface area (Å²) in [6.45, 7) is 0. The predicted molar refractivity (Wildman–Crippen MR) is 106 cm³/mol. The van der Waals surface area contributed by atoms with Crippen LogP contribution >= 0.6 is 0 Å². The fourth-order valence-corrected chi connectivity index (χ4v) is 2.84. The van der Waals surface area contributed by atoms with Crippen LogP contribution in [0.15, 0.2) is 77.3 Å². The van der Waals surface area contributed by atoms with Gasteiger partial charge in [0, 0.05) is 11.3 Å². The van der Waals surface area contributed by atoms with Crippen LogP contribution in [0.1, 0.15) is 10.4 Å². The second-order valence-electron chi connectivity index (χ2n) is 6.17. The normalized spacial score (nSPS) is 10.6. The lowest BCUT2D eigenvalue weighted by Gasteiger charge is -2.08. The van der Waals surface area contributed by atoms with Crippen molar-refractivity contribution in [1.82, 2.24) is 10.1 Å². The van der Waals surface area contributed by atoms with Crippen molar-refractivity contribution in [2.75, 3.05) is 12.4 Å². The minimum atomic E-state index is -0.434. The zero-order chi connectivity index (χ0) is 20.2. The van der Waals surface area contributed by atoms with E-state index in [1.165, 1.54) is 18.2 Å². The lowest BCUT2D eigenvalue weighted by Crippen LogP contribution is -2.13. The topological polar surface area (TPSA) is 77.2 Å². The van der Waals surface area contributed by atoms with Crippen molar-refractivity contribution in [3.63, 3.8) is 0 Å². The summed E-state index contributed by atoms with van der Waals surface area (Å²) in [6, 6.07) is 19.8. The van der Waals surface area contributed by atoms with Crippen molar-refractivity contribution in [2.45, 2.75) is 0 Å². The zero-order valence-corrected chi connectivity index (χ0v) is 15.4. The van der Waals surface area contributed by atoms with Gasteiger partial charge in [0.25, 0.3) is 11.8 Å². The van der Waals surface area contributed by atoms with Gasteiger partial charge in [-0.3, -0.25) is 4.79 Å². The van der Waals surface area contributed by atoms with E-state index in [4.69, 9.17) is 9.26 Å². The van der Waals surface area contributed by atoms with Gasteiger partial charge in [-0.15, -0.1) is 0 Å². The number of anilines is 1. The first-order chi connectivity index (χ1) is 14.1. The first-order valence-corrected chi connectivity index (χ1v) is 8.78. The van der Waals surface area contributed by atoms with E-state index in [-0.39, 0.29) is 5.89 Å². The number of methoxy groups -OCH3 is 1. The molecule has 0 radical (unpaired) electrons. The van der Waals surface area contributed by atoms with Crippen LogP contribution in [0.25, 0.3) is 22.8 Å². The largest absolute Gasteiger partial charge is 0.497 e. The number of benzene rings is 3. The van der Waals surface area contributed by atoms with E-state index in [1.54, 1.807) is 43.5 Å². The van der Waals surface area contributed by atoms with E-state index in [9.17, 15) is 9.18 Å². The van der Waals surface area contributed by atoms with Gasteiger partial charge in [-0.05, 0) is 42.5 Å². The first kappa shape index (κ1) is 18.4. The molecule has 0 aliphatic heterocycles. The van der Waals surface area contributed by atoms with Crippen LogP contribution in [0.5, 0.6) is 5.75 Å². The number of nitrogens with zero attached hydrogens (tertiary/aromatic N) is 2. The number of rotatable bonds is 5. The molecule has 0 spiro atoms. The van der Waals surface area contributed by atoms with Crippen LogP contribution in [-0.4, -0.2) is 23.2 Å². The lowest BCUT2D eigenvalue weighted by atomic mass is 10.1. The highest BCUT2D eigenvalue weighted by Gasteiger charge is 2.18. The standard InChI is InChI=1S/C22H16FN3O3/c1-28-17-9-4-6-14(12-17)20-25-22(29-26-20)19-11-3-2-10-18(19)21(27)24-16-8-5-7-15(23)13-16/h2-13H,1H3,(H,24,27). The second kappa shape index (κ2) is 7.93. The molecule has 4 aromatic rings. The van der Waals surface area contributed by atoms with Gasteiger partial charge in [-0.2, -0.15) is 4.98 Å². The number of ether oxygens (including phenoxy) is 1. The number of amides is 1. The van der Waals surface area contributed by atoms with Gasteiger partial charge in [0.2, 0.25) is 5.82 Å². The second-order valence-corrected chi connectivity index (χ2v) is 6.17. The third-order valence-corrected chi connectivity index (χ3v) is 4.24. The Hall–Kier alpha value is -4.00. The molecular formula is C22H16FN3O3. The number of hydrogen-bond acceptors (Lipinski definition) is 5. The quantitative estimate of drug-likeness (QED) is 0.530. The highest BCUT2D eigenvalue weighted by molar-refractivity contribution is 6.08. The van der Waals surface area contributed by atoms with Gasteiger partial charge >= 0.3 is 0 Å². The van der Waals surface area contributed by atoms with Gasteiger partial charge in [0.1, 0.15) is 11.6 Å². The summed E-state index contributed by atoms with van der Waals surface area (Å²) in [5.74, 6) is 0.402. The fraction of sp³-hybridized carbons (Fsp3) is 0.0455. The Balaban J connectivity index is 1.65. The molecule has 0 saturated heterocycles. The molecule has 1 amide bonds. The highest BCUT2D eigenvalue weighted by atomic mass is 19.1. The molecule has 0 bridgehead atoms. The molecule has 1 N–H and O–H groups in total. The summed E-state index contributed by atoms with van der Waals surface area (Å²) < 4.78 is 24.0. The minimum Gasteiger partial charge on any atom is -0.497 e. The molecule has 0 aliphatic carbocycles. The van der Waals surface area contributed by atoms with Crippen molar-refractivity contribution in [3.8, 4) is 28.6 Å². The summed E-state index contributed by atoms with van der Waals surface area (Å²) >= 11 is 0. The smallest absolute Gasteiger partial charge is 0.259 e. The number of hydrogen-bond donors (Lipinski definition) is 1. The SMILES string of the molecule is COc1cccc(-c2noc(-c3ccccc3C(=O)Nc3cccc(F)c3)n2)c1. The molecule has 1 heterocycles. The molecule has 0 atom stereocenters. The highest BCUT2D eigenvalue weighted by Crippen LogP contribution is 2.27. The van der Waals surface area contributed by atoms with Gasteiger partial charge in [0.15, 0.2) is 0 Å². The van der Waals surface area contributed by atoms with E-state index >= 15 is 0 Å². The maximum Gasteiger partial charge on any atom is 0.259 e. The summed E-state index contributed by atoms with van der Waals surface area (Å²) in [6.07, 6.45) is 0. The van der Waals surface area contributed by atoms with E-state index in [2.05, 4.69) is 15.5 Å². The van der Waals surface area contributed by atoms with Crippen molar-refractivity contribution in [3.05, 3.63) is 84.2 Å². The Morgan fingerprint density at radius 1 is 1.03 bits per heavy atom. The molecule has 6 nitrogen and oxygen atoms in total. The lowest BCUT2D eigenvalue weighted by molar-refractivity contribution is 0.102. The Morgan fingerprint density at radius 3 is 2.69 bits per heavy atom. The number of nitrogens with one attached hydrogen (secondary N) is 1. The molecule has 3 aromatic carbocycles. The molecule has 7 heteroatoms. The van der Waals surface area contributed by atoms with Gasteiger partial charge < -0.3 is 14.6 Å². The predicted octanol–water partition coefficient (Wildman–Crippen LogP) is 4.80. The summed E-state index contributed by atoms with van der Waals surface area (Å²) in [5.41, 5.74) is 1.88. The van der Waals surface area contributed by atoms with Crippen LogP contribution < -0.4 is 10.1 Å². The molecule has 0 aliphatic rings. The van der Waals surface area contributed by atoms with Crippen molar-refractivity contribution < 1.29 is 18.4 Å². The fourth-order valence-electron chi connectivity index (χ4n) is 2.84. The van der Waals surface area contributed by atoms with Crippen molar-refractivity contribution in [2.24, 2.45) is 0 Å². The molecule has 1 aromatic heterocycles. The van der Waals surface area contributed by atoms with Crippen LogP contribution in [0.2, 0.25) is 0 Å². The molecule has 4 rings (SSSR count). The number of halogens is 1. The Labute approximate surface area is 166 Å². The monoisotopic (exact) mass is 389 g/mol. The number of carbonyl (C=O) groups is 1. The molecular weight excluding hydrogens is 373 g/mol. The molecule has 29 heavy (non-hydrogen) atoms. The zero-order valence-electron chi connectivity index (χ0n) is 15.4. The van der Waals surface area contributed by atoms with Crippen molar-refractivity contribution >= 4 is 11.6 Å². The minimum absolute atomic E-state index is 0.202. The van der Waals surface area contributed by atoms with Crippen LogP contribution in [0, 0.1) is 5.82 Å². The Morgan fingerprint density at radius 2 is 1.86 bits per heavy atom. The average Bonchev–Trinajstić information content (AvgIpc) is 3.24. The molecule has 0 fully saturated rings. The summed E-state index contributed by atoms with van der Waals surface area (Å²) in [7, 11) is 1.58. The van der Waals surface area contributed by atoms with Gasteiger partial charge in [-0.25, -0.2) is 4.39 Å². The van der Waals surface area contributed by atoms with Crippen molar-refractivity contribution in [1.29, 1.82) is 0 Å². The Kier molecular flexibility index (Phi) is 5.03. The molecule has 0 saturated carbocycles. The third kappa shape index (κ3) is 3.98. The molecule has 144 valence electrons. The van der Waals surface area contributed by atoms with E-state index in [0.717, 1.165) is 5.56 Å². The average molecular weight is 389 g/mol. The van der Waals surface area contributed by atoms with Gasteiger partial charge in [0.05, 0.1) is 18.2 Å². The maximum absolute atomic E-state index is 13.4. The van der Waals surface area contributed by atoms with E-state index in [0.29, 0.717) is 28.4 Å². The van der Waals surface area contributed by atoms with E-state index < -0.39 is 11.7 Å². The maximum atomic E-state index is 13.4.